The molecule has 1 fully saturated rings. The van der Waals surface area contributed by atoms with Gasteiger partial charge >= 0.3 is 11.7 Å². The fourth-order valence-electron chi connectivity index (χ4n) is 2.15. The molecule has 0 aliphatic carbocycles. The number of hydrogen-bond acceptors (Lipinski definition) is 7. The Morgan fingerprint density at radius 1 is 1.36 bits per heavy atom. The van der Waals surface area contributed by atoms with Gasteiger partial charge in [0.05, 0.1) is 27.8 Å². The van der Waals surface area contributed by atoms with E-state index in [0.29, 0.717) is 0 Å². The Morgan fingerprint density at radius 3 is 2.59 bits per heavy atom. The summed E-state index contributed by atoms with van der Waals surface area (Å²) in [5.41, 5.74) is 1.71. The molecule has 1 aliphatic heterocycles. The number of aliphatic carboxylic acids is 1. The van der Waals surface area contributed by atoms with Gasteiger partial charge in [0.1, 0.15) is 11.7 Å². The second-order valence-corrected chi connectivity index (χ2v) is 5.27. The highest BCUT2D eigenvalue weighted by atomic mass is 35.5. The summed E-state index contributed by atoms with van der Waals surface area (Å²) >= 11 is 5.99. The zero-order valence-corrected chi connectivity index (χ0v) is 11.8. The molecule has 1 aromatic carbocycles. The first-order valence-corrected chi connectivity index (χ1v) is 6.56. The van der Waals surface area contributed by atoms with Crippen LogP contribution in [0.4, 0.5) is 17.1 Å². The summed E-state index contributed by atoms with van der Waals surface area (Å²) in [6.07, 6.45) is 0.161. The minimum atomic E-state index is -1.14. The van der Waals surface area contributed by atoms with E-state index in [1.54, 1.807) is 0 Å². The van der Waals surface area contributed by atoms with Crippen LogP contribution >= 0.6 is 11.6 Å². The van der Waals surface area contributed by atoms with Crippen molar-refractivity contribution in [1.29, 1.82) is 0 Å². The number of nitro groups is 2. The Hall–Kier alpha value is -2.46. The highest BCUT2D eigenvalue weighted by molar-refractivity contribution is 6.21. The van der Waals surface area contributed by atoms with Crippen LogP contribution in [0.5, 0.6) is 0 Å². The number of carboxylic acid groups (broad SMARTS) is 1. The van der Waals surface area contributed by atoms with Gasteiger partial charge in [-0.3, -0.25) is 30.0 Å². The summed E-state index contributed by atoms with van der Waals surface area (Å²) < 4.78 is 0. The molecule has 0 aromatic heterocycles. The average Bonchev–Trinajstić information content (AvgIpc) is 2.45. The number of hydrogen-bond donors (Lipinski definition) is 2. The Bertz CT molecular complexity index is 639. The molecule has 0 bridgehead atoms. The van der Waals surface area contributed by atoms with Gasteiger partial charge in [-0.05, 0) is 12.5 Å². The van der Waals surface area contributed by atoms with Gasteiger partial charge in [-0.1, -0.05) is 0 Å². The van der Waals surface area contributed by atoms with E-state index in [2.05, 4.69) is 5.43 Å². The summed E-state index contributed by atoms with van der Waals surface area (Å²) in [7, 11) is 0. The summed E-state index contributed by atoms with van der Waals surface area (Å²) in [6, 6.07) is 2.13. The first-order valence-electron chi connectivity index (χ1n) is 6.13. The van der Waals surface area contributed by atoms with Crippen LogP contribution in [-0.2, 0) is 4.79 Å². The highest BCUT2D eigenvalue weighted by Gasteiger charge is 2.33. The minimum Gasteiger partial charge on any atom is -0.480 e. The predicted molar refractivity (Wildman–Crippen MR) is 75.9 cm³/mol. The van der Waals surface area contributed by atoms with E-state index in [4.69, 9.17) is 16.7 Å². The van der Waals surface area contributed by atoms with Crippen molar-refractivity contribution in [3.63, 3.8) is 0 Å². The number of alkyl halides is 1. The fourth-order valence-corrected chi connectivity index (χ4v) is 2.46. The van der Waals surface area contributed by atoms with Crippen molar-refractivity contribution in [3.05, 3.63) is 38.4 Å². The first kappa shape index (κ1) is 15.9. The average molecular weight is 331 g/mol. The van der Waals surface area contributed by atoms with Crippen molar-refractivity contribution in [3.8, 4) is 0 Å². The van der Waals surface area contributed by atoms with Gasteiger partial charge in [-0.2, -0.15) is 0 Å². The number of nitrogens with one attached hydrogen (secondary N) is 1. The second-order valence-electron chi connectivity index (χ2n) is 4.65. The Balaban J connectivity index is 2.40. The molecule has 11 heteroatoms. The van der Waals surface area contributed by atoms with E-state index in [9.17, 15) is 25.0 Å². The number of nitro benzene ring substituents is 2. The van der Waals surface area contributed by atoms with Gasteiger partial charge in [0.15, 0.2) is 0 Å². The SMILES string of the molecule is O=C(O)[C@H]1C[C@H](Cl)CN(c2ccc([N+](=O)[O-])cc2[N+](=O)[O-])N1. The quantitative estimate of drug-likeness (QED) is 0.478. The summed E-state index contributed by atoms with van der Waals surface area (Å²) in [4.78, 5) is 31.4. The van der Waals surface area contributed by atoms with Crippen LogP contribution in [0.3, 0.4) is 0 Å². The number of hydrazine groups is 1. The maximum Gasteiger partial charge on any atom is 0.322 e. The maximum absolute atomic E-state index is 11.1. The molecule has 1 saturated heterocycles. The standard InChI is InChI=1S/C11H11ClN4O6/c12-6-3-8(11(17)18)13-14(5-6)9-2-1-7(15(19)20)4-10(9)16(21)22/h1-2,4,6,8,13H,3,5H2,(H,17,18)/t6-,8+/m0/s1. The third-order valence-corrected chi connectivity index (χ3v) is 3.46. The van der Waals surface area contributed by atoms with Crippen LogP contribution in [0.1, 0.15) is 6.42 Å². The number of carbonyl (C=O) groups is 1. The molecule has 0 amide bonds. The van der Waals surface area contributed by atoms with E-state index in [-0.39, 0.29) is 18.7 Å². The van der Waals surface area contributed by atoms with Crippen molar-refractivity contribution in [2.75, 3.05) is 11.6 Å². The molecule has 0 saturated carbocycles. The number of non-ortho nitro benzene ring substituents is 1. The monoisotopic (exact) mass is 330 g/mol. The number of nitrogens with zero attached hydrogens (tertiary/aromatic N) is 3. The largest absolute Gasteiger partial charge is 0.480 e. The lowest BCUT2D eigenvalue weighted by Gasteiger charge is -2.35. The first-order chi connectivity index (χ1) is 10.3. The van der Waals surface area contributed by atoms with Gasteiger partial charge in [0.25, 0.3) is 5.69 Å². The van der Waals surface area contributed by atoms with Gasteiger partial charge in [0, 0.05) is 6.07 Å². The van der Waals surface area contributed by atoms with Crippen molar-refractivity contribution in [1.82, 2.24) is 5.43 Å². The van der Waals surface area contributed by atoms with Crippen LogP contribution in [0.15, 0.2) is 18.2 Å². The molecule has 22 heavy (non-hydrogen) atoms. The van der Waals surface area contributed by atoms with Crippen LogP contribution in [0.25, 0.3) is 0 Å². The number of carboxylic acids is 1. The minimum absolute atomic E-state index is 0.0206. The molecule has 0 radical (unpaired) electrons. The van der Waals surface area contributed by atoms with E-state index in [0.717, 1.165) is 12.1 Å². The van der Waals surface area contributed by atoms with Crippen molar-refractivity contribution in [2.24, 2.45) is 0 Å². The Morgan fingerprint density at radius 2 is 2.05 bits per heavy atom. The van der Waals surface area contributed by atoms with Gasteiger partial charge in [0.2, 0.25) is 0 Å². The Kier molecular flexibility index (Phi) is 4.43. The number of rotatable bonds is 4. The molecule has 0 unspecified atom stereocenters. The van der Waals surface area contributed by atoms with Crippen LogP contribution in [0.2, 0.25) is 0 Å². The molecular formula is C11H11ClN4O6. The number of halogens is 1. The lowest BCUT2D eigenvalue weighted by atomic mass is 10.1. The molecule has 0 spiro atoms. The van der Waals surface area contributed by atoms with Crippen molar-refractivity contribution >= 4 is 34.6 Å². The number of benzene rings is 1. The topological polar surface area (TPSA) is 139 Å². The van der Waals surface area contributed by atoms with E-state index < -0.39 is 38.6 Å². The third-order valence-electron chi connectivity index (χ3n) is 3.14. The molecule has 1 heterocycles. The summed E-state index contributed by atoms with van der Waals surface area (Å²) in [5.74, 6) is -1.14. The third kappa shape index (κ3) is 3.23. The van der Waals surface area contributed by atoms with Crippen LogP contribution in [-0.4, -0.2) is 38.9 Å². The lowest BCUT2D eigenvalue weighted by Crippen LogP contribution is -2.56. The molecule has 10 nitrogen and oxygen atoms in total. The smallest absolute Gasteiger partial charge is 0.322 e. The van der Waals surface area contributed by atoms with E-state index >= 15 is 0 Å². The number of anilines is 1. The van der Waals surface area contributed by atoms with Crippen LogP contribution < -0.4 is 10.4 Å². The van der Waals surface area contributed by atoms with Gasteiger partial charge < -0.3 is 5.11 Å². The second kappa shape index (κ2) is 6.12. The summed E-state index contributed by atoms with van der Waals surface area (Å²) in [6.45, 7) is 0.129. The van der Waals surface area contributed by atoms with Crippen molar-refractivity contribution < 1.29 is 19.7 Å². The molecule has 2 atom stereocenters. The zero-order valence-electron chi connectivity index (χ0n) is 11.0. The maximum atomic E-state index is 11.1. The van der Waals surface area contributed by atoms with E-state index in [1.807, 2.05) is 0 Å². The predicted octanol–water partition coefficient (Wildman–Crippen LogP) is 1.28. The molecule has 1 aliphatic rings. The molecular weight excluding hydrogens is 320 g/mol. The van der Waals surface area contributed by atoms with Gasteiger partial charge in [-0.15, -0.1) is 11.6 Å². The molecule has 2 N–H and O–H groups in total. The molecule has 118 valence electrons. The molecule has 1 aromatic rings. The highest BCUT2D eigenvalue weighted by Crippen LogP contribution is 2.33. The lowest BCUT2D eigenvalue weighted by molar-refractivity contribution is -0.393. The Labute approximate surface area is 128 Å². The molecule has 2 rings (SSSR count). The van der Waals surface area contributed by atoms with Crippen molar-refractivity contribution in [2.45, 2.75) is 17.8 Å². The van der Waals surface area contributed by atoms with Crippen LogP contribution in [0, 0.1) is 20.2 Å². The fraction of sp³-hybridized carbons (Fsp3) is 0.364. The van der Waals surface area contributed by atoms with E-state index in [1.165, 1.54) is 11.1 Å². The summed E-state index contributed by atoms with van der Waals surface area (Å²) in [5, 5.41) is 31.6. The van der Waals surface area contributed by atoms with Gasteiger partial charge in [-0.25, -0.2) is 5.43 Å². The normalized spacial score (nSPS) is 21.4. The zero-order chi connectivity index (χ0) is 16.4.